The number of carbonyl (C=O) groups is 1. The molecule has 2 aromatic rings. The van der Waals surface area contributed by atoms with E-state index in [1.165, 1.54) is 18.2 Å². The molecule has 2 N–H and O–H groups in total. The minimum absolute atomic E-state index is 0.0979. The zero-order valence-corrected chi connectivity index (χ0v) is 15.6. The van der Waals surface area contributed by atoms with E-state index in [1.807, 2.05) is 6.92 Å². The van der Waals surface area contributed by atoms with Gasteiger partial charge in [-0.3, -0.25) is 14.9 Å². The molecule has 0 saturated heterocycles. The van der Waals surface area contributed by atoms with E-state index in [9.17, 15) is 20.0 Å². The highest BCUT2D eigenvalue weighted by Gasteiger charge is 2.17. The maximum atomic E-state index is 11.2. The number of nitrogens with one attached hydrogen (secondary N) is 1. The van der Waals surface area contributed by atoms with Crippen molar-refractivity contribution in [3.8, 4) is 11.5 Å². The van der Waals surface area contributed by atoms with Crippen molar-refractivity contribution in [2.75, 3.05) is 0 Å². The molecule has 0 aliphatic heterocycles. The van der Waals surface area contributed by atoms with Crippen LogP contribution in [0.25, 0.3) is 0 Å². The van der Waals surface area contributed by atoms with Gasteiger partial charge in [0, 0.05) is 17.6 Å². The van der Waals surface area contributed by atoms with E-state index in [4.69, 9.17) is 16.3 Å². The van der Waals surface area contributed by atoms with Crippen LogP contribution >= 0.6 is 11.6 Å². The Morgan fingerprint density at radius 2 is 2.00 bits per heavy atom. The lowest BCUT2D eigenvalue weighted by Gasteiger charge is -2.14. The summed E-state index contributed by atoms with van der Waals surface area (Å²) in [4.78, 5) is 21.8. The standard InChI is InChI=1S/C19H21ClN2O5/c1-2-3-4-16(19(23)24)21-12-13-5-8-15(9-6-13)27-18-10-7-14(20)11-17(18)22(25)26/h5-11,16,21H,2-4,12H2,1H3,(H,23,24). The van der Waals surface area contributed by atoms with Crippen LogP contribution in [0.5, 0.6) is 11.5 Å². The van der Waals surface area contributed by atoms with Crippen molar-refractivity contribution < 1.29 is 19.6 Å². The number of halogens is 1. The number of hydrogen-bond donors (Lipinski definition) is 2. The van der Waals surface area contributed by atoms with Gasteiger partial charge in [0.15, 0.2) is 0 Å². The van der Waals surface area contributed by atoms with E-state index in [0.29, 0.717) is 18.7 Å². The first-order valence-corrected chi connectivity index (χ1v) is 8.95. The Morgan fingerprint density at radius 1 is 1.30 bits per heavy atom. The van der Waals surface area contributed by atoms with Crippen LogP contribution in [0.15, 0.2) is 42.5 Å². The molecule has 144 valence electrons. The lowest BCUT2D eigenvalue weighted by Crippen LogP contribution is -2.36. The first-order valence-electron chi connectivity index (χ1n) is 8.57. The number of carboxylic acids is 1. The summed E-state index contributed by atoms with van der Waals surface area (Å²) in [6.07, 6.45) is 2.36. The van der Waals surface area contributed by atoms with Crippen molar-refractivity contribution in [2.45, 2.75) is 38.8 Å². The molecule has 0 fully saturated rings. The topological polar surface area (TPSA) is 102 Å². The van der Waals surface area contributed by atoms with Crippen LogP contribution in [-0.4, -0.2) is 22.0 Å². The largest absolute Gasteiger partial charge is 0.480 e. The van der Waals surface area contributed by atoms with Gasteiger partial charge in [-0.15, -0.1) is 0 Å². The fraction of sp³-hybridized carbons (Fsp3) is 0.316. The molecule has 0 heterocycles. The summed E-state index contributed by atoms with van der Waals surface area (Å²) < 4.78 is 5.58. The van der Waals surface area contributed by atoms with Gasteiger partial charge >= 0.3 is 11.7 Å². The van der Waals surface area contributed by atoms with Crippen LogP contribution in [0, 0.1) is 10.1 Å². The third-order valence-corrected chi connectivity index (χ3v) is 4.20. The van der Waals surface area contributed by atoms with Crippen LogP contribution in [-0.2, 0) is 11.3 Å². The molecular weight excluding hydrogens is 372 g/mol. The molecule has 0 aromatic heterocycles. The Labute approximate surface area is 162 Å². The van der Waals surface area contributed by atoms with E-state index < -0.39 is 16.9 Å². The van der Waals surface area contributed by atoms with Crippen molar-refractivity contribution in [2.24, 2.45) is 0 Å². The van der Waals surface area contributed by atoms with Crippen LogP contribution in [0.2, 0.25) is 5.02 Å². The number of nitrogens with zero attached hydrogens (tertiary/aromatic N) is 1. The maximum absolute atomic E-state index is 11.2. The summed E-state index contributed by atoms with van der Waals surface area (Å²) in [6, 6.07) is 10.5. The van der Waals surface area contributed by atoms with Crippen molar-refractivity contribution in [1.29, 1.82) is 0 Å². The average Bonchev–Trinajstić information content (AvgIpc) is 2.64. The second-order valence-corrected chi connectivity index (χ2v) is 6.47. The minimum atomic E-state index is -0.863. The molecule has 2 aromatic carbocycles. The fourth-order valence-electron chi connectivity index (χ4n) is 2.48. The smallest absolute Gasteiger partial charge is 0.320 e. The van der Waals surface area contributed by atoms with E-state index in [1.54, 1.807) is 24.3 Å². The molecular formula is C19H21ClN2O5. The van der Waals surface area contributed by atoms with Crippen LogP contribution < -0.4 is 10.1 Å². The molecule has 0 aliphatic carbocycles. The third-order valence-electron chi connectivity index (χ3n) is 3.97. The SMILES string of the molecule is CCCCC(NCc1ccc(Oc2ccc(Cl)cc2[N+](=O)[O-])cc1)C(=O)O. The molecule has 7 nitrogen and oxygen atoms in total. The van der Waals surface area contributed by atoms with Gasteiger partial charge in [-0.05, 0) is 36.2 Å². The monoisotopic (exact) mass is 392 g/mol. The molecule has 0 bridgehead atoms. The van der Waals surface area contributed by atoms with Crippen LogP contribution in [0.3, 0.4) is 0 Å². The average molecular weight is 393 g/mol. The highest BCUT2D eigenvalue weighted by Crippen LogP contribution is 2.33. The minimum Gasteiger partial charge on any atom is -0.480 e. The van der Waals surface area contributed by atoms with Crippen molar-refractivity contribution in [3.63, 3.8) is 0 Å². The summed E-state index contributed by atoms with van der Waals surface area (Å²) in [5, 5.41) is 23.6. The summed E-state index contributed by atoms with van der Waals surface area (Å²) >= 11 is 5.79. The van der Waals surface area contributed by atoms with Gasteiger partial charge in [-0.1, -0.05) is 43.5 Å². The van der Waals surface area contributed by atoms with E-state index in [0.717, 1.165) is 18.4 Å². The quantitative estimate of drug-likeness (QED) is 0.446. The Balaban J connectivity index is 2.01. The fourth-order valence-corrected chi connectivity index (χ4v) is 2.65. The van der Waals surface area contributed by atoms with Crippen molar-refractivity contribution >= 4 is 23.3 Å². The number of unbranched alkanes of at least 4 members (excludes halogenated alkanes) is 1. The van der Waals surface area contributed by atoms with E-state index >= 15 is 0 Å². The van der Waals surface area contributed by atoms with Gasteiger partial charge in [0.25, 0.3) is 0 Å². The predicted octanol–water partition coefficient (Wildman–Crippen LogP) is 4.77. The molecule has 0 spiro atoms. The third kappa shape index (κ3) is 6.23. The molecule has 0 amide bonds. The Kier molecular flexibility index (Phi) is 7.57. The Morgan fingerprint density at radius 3 is 2.59 bits per heavy atom. The second-order valence-electron chi connectivity index (χ2n) is 6.03. The number of ether oxygens (including phenoxy) is 1. The number of nitro benzene ring substituents is 1. The number of hydrogen-bond acceptors (Lipinski definition) is 5. The van der Waals surface area contributed by atoms with Gasteiger partial charge in [-0.2, -0.15) is 0 Å². The summed E-state index contributed by atoms with van der Waals surface area (Å²) in [6.45, 7) is 2.42. The van der Waals surface area contributed by atoms with Crippen LogP contribution in [0.4, 0.5) is 5.69 Å². The van der Waals surface area contributed by atoms with Gasteiger partial charge in [-0.25, -0.2) is 0 Å². The highest BCUT2D eigenvalue weighted by atomic mass is 35.5. The number of benzene rings is 2. The first kappa shape index (κ1) is 20.7. The van der Waals surface area contributed by atoms with E-state index in [2.05, 4.69) is 5.32 Å². The number of carboxylic acid groups (broad SMARTS) is 1. The van der Waals surface area contributed by atoms with Gasteiger partial charge in [0.1, 0.15) is 11.8 Å². The Hall–Kier alpha value is -2.64. The van der Waals surface area contributed by atoms with E-state index in [-0.39, 0.29) is 16.5 Å². The summed E-state index contributed by atoms with van der Waals surface area (Å²) in [5.41, 5.74) is 0.671. The predicted molar refractivity (Wildman–Crippen MR) is 102 cm³/mol. The van der Waals surface area contributed by atoms with Gasteiger partial charge < -0.3 is 15.2 Å². The molecule has 2 rings (SSSR count). The molecule has 0 saturated carbocycles. The maximum Gasteiger partial charge on any atom is 0.320 e. The second kappa shape index (κ2) is 9.89. The normalized spacial score (nSPS) is 11.8. The van der Waals surface area contributed by atoms with Gasteiger partial charge in [0.05, 0.1) is 4.92 Å². The van der Waals surface area contributed by atoms with Crippen molar-refractivity contribution in [1.82, 2.24) is 5.32 Å². The zero-order chi connectivity index (χ0) is 19.8. The summed E-state index contributed by atoms with van der Waals surface area (Å²) in [7, 11) is 0. The van der Waals surface area contributed by atoms with Gasteiger partial charge in [0.2, 0.25) is 5.75 Å². The van der Waals surface area contributed by atoms with Crippen LogP contribution in [0.1, 0.15) is 31.7 Å². The number of rotatable bonds is 10. The lowest BCUT2D eigenvalue weighted by atomic mass is 10.1. The molecule has 1 unspecified atom stereocenters. The summed E-state index contributed by atoms with van der Waals surface area (Å²) in [5.74, 6) is -0.329. The molecule has 8 heteroatoms. The molecule has 0 aliphatic rings. The number of nitro groups is 1. The zero-order valence-electron chi connectivity index (χ0n) is 14.9. The van der Waals surface area contributed by atoms with Crippen molar-refractivity contribution in [3.05, 3.63) is 63.2 Å². The Bertz CT molecular complexity index is 795. The number of aliphatic carboxylic acids is 1. The molecule has 0 radical (unpaired) electrons. The molecule has 1 atom stereocenters. The first-order chi connectivity index (χ1) is 12.9. The molecule has 27 heavy (non-hydrogen) atoms. The highest BCUT2D eigenvalue weighted by molar-refractivity contribution is 6.30. The lowest BCUT2D eigenvalue weighted by molar-refractivity contribution is -0.385.